The number of aromatic amines is 1. The molecule has 26 heavy (non-hydrogen) atoms. The Balaban J connectivity index is 1.64. The lowest BCUT2D eigenvalue weighted by Gasteiger charge is -2.10. The predicted molar refractivity (Wildman–Crippen MR) is 96.8 cm³/mol. The van der Waals surface area contributed by atoms with Crippen LogP contribution in [0.2, 0.25) is 0 Å². The Kier molecular flexibility index (Phi) is 4.52. The van der Waals surface area contributed by atoms with Gasteiger partial charge in [-0.3, -0.25) is 4.79 Å². The van der Waals surface area contributed by atoms with E-state index < -0.39 is 11.3 Å². The Labute approximate surface area is 152 Å². The molecule has 0 amide bonds. The minimum Gasteiger partial charge on any atom is -0.501 e. The summed E-state index contributed by atoms with van der Waals surface area (Å²) >= 11 is 1.36. The van der Waals surface area contributed by atoms with Crippen molar-refractivity contribution in [1.82, 2.24) is 20.3 Å². The summed E-state index contributed by atoms with van der Waals surface area (Å²) in [5.41, 5.74) is 0.599. The minimum atomic E-state index is -0.561. The fourth-order valence-corrected chi connectivity index (χ4v) is 3.96. The van der Waals surface area contributed by atoms with Gasteiger partial charge in [-0.1, -0.05) is 12.1 Å². The van der Waals surface area contributed by atoms with Crippen LogP contribution >= 0.6 is 11.3 Å². The van der Waals surface area contributed by atoms with E-state index in [-0.39, 0.29) is 17.6 Å². The van der Waals surface area contributed by atoms with Crippen LogP contribution in [-0.4, -0.2) is 26.6 Å². The minimum absolute atomic E-state index is 0.0132. The van der Waals surface area contributed by atoms with E-state index in [1.54, 1.807) is 18.3 Å². The van der Waals surface area contributed by atoms with Crippen molar-refractivity contribution in [2.24, 2.45) is 0 Å². The first kappa shape index (κ1) is 16.9. The van der Waals surface area contributed by atoms with Gasteiger partial charge in [0.1, 0.15) is 22.3 Å². The van der Waals surface area contributed by atoms with Gasteiger partial charge in [-0.25, -0.2) is 14.4 Å². The third kappa shape index (κ3) is 3.38. The number of halogens is 1. The highest BCUT2D eigenvalue weighted by atomic mass is 32.1. The van der Waals surface area contributed by atoms with Crippen molar-refractivity contribution >= 4 is 11.3 Å². The number of hydrogen-bond acceptors (Lipinski definition) is 6. The van der Waals surface area contributed by atoms with Crippen LogP contribution in [0.1, 0.15) is 35.1 Å². The van der Waals surface area contributed by atoms with Crippen LogP contribution in [0.15, 0.2) is 35.3 Å². The van der Waals surface area contributed by atoms with Gasteiger partial charge in [0.2, 0.25) is 5.75 Å². The molecule has 1 saturated heterocycles. The van der Waals surface area contributed by atoms with Crippen LogP contribution in [-0.2, 0) is 6.42 Å². The summed E-state index contributed by atoms with van der Waals surface area (Å²) in [6.45, 7) is 0.879. The fraction of sp³-hybridized carbons (Fsp3) is 0.278. The van der Waals surface area contributed by atoms with E-state index in [9.17, 15) is 14.3 Å². The summed E-state index contributed by atoms with van der Waals surface area (Å²) in [5.74, 6) is -0.172. The Morgan fingerprint density at radius 3 is 2.85 bits per heavy atom. The summed E-state index contributed by atoms with van der Waals surface area (Å²) in [6.07, 6.45) is 4.20. The number of thiazole rings is 1. The van der Waals surface area contributed by atoms with Gasteiger partial charge >= 0.3 is 0 Å². The van der Waals surface area contributed by atoms with Gasteiger partial charge in [0.25, 0.3) is 5.56 Å². The number of aromatic hydroxyl groups is 1. The van der Waals surface area contributed by atoms with E-state index in [1.807, 2.05) is 0 Å². The van der Waals surface area contributed by atoms with Gasteiger partial charge in [0, 0.05) is 17.5 Å². The van der Waals surface area contributed by atoms with Crippen molar-refractivity contribution in [3.8, 4) is 16.5 Å². The number of aromatic nitrogens is 3. The lowest BCUT2D eigenvalue weighted by molar-refractivity contribution is 0.461. The molecule has 1 aromatic carbocycles. The average molecular weight is 372 g/mol. The number of H-pyrrole nitrogens is 1. The lowest BCUT2D eigenvalue weighted by atomic mass is 10.1. The number of nitrogens with zero attached hydrogens (tertiary/aromatic N) is 2. The summed E-state index contributed by atoms with van der Waals surface area (Å²) in [4.78, 5) is 24.4. The highest BCUT2D eigenvalue weighted by molar-refractivity contribution is 7.15. The molecular formula is C18H17FN4O2S. The van der Waals surface area contributed by atoms with E-state index in [0.29, 0.717) is 17.3 Å². The molecule has 3 aromatic rings. The molecule has 134 valence electrons. The van der Waals surface area contributed by atoms with Crippen LogP contribution < -0.4 is 10.9 Å². The molecule has 0 radical (unpaired) electrons. The van der Waals surface area contributed by atoms with E-state index in [0.717, 1.165) is 29.8 Å². The maximum atomic E-state index is 13.0. The van der Waals surface area contributed by atoms with E-state index in [1.165, 1.54) is 23.5 Å². The Morgan fingerprint density at radius 1 is 1.31 bits per heavy atom. The molecule has 3 N–H and O–H groups in total. The number of hydrogen-bond donors (Lipinski definition) is 3. The maximum absolute atomic E-state index is 13.0. The van der Waals surface area contributed by atoms with Crippen molar-refractivity contribution < 1.29 is 9.50 Å². The first-order valence-corrected chi connectivity index (χ1v) is 9.18. The van der Waals surface area contributed by atoms with Crippen LogP contribution in [0.5, 0.6) is 5.75 Å². The third-order valence-electron chi connectivity index (χ3n) is 4.35. The van der Waals surface area contributed by atoms with Gasteiger partial charge in [0.05, 0.1) is 6.04 Å². The Hall–Kier alpha value is -2.58. The summed E-state index contributed by atoms with van der Waals surface area (Å²) < 4.78 is 13.0. The van der Waals surface area contributed by atoms with Gasteiger partial charge in [-0.2, -0.15) is 0 Å². The predicted octanol–water partition coefficient (Wildman–Crippen LogP) is 2.75. The van der Waals surface area contributed by atoms with Crippen molar-refractivity contribution in [2.75, 3.05) is 6.54 Å². The maximum Gasteiger partial charge on any atom is 0.293 e. The highest BCUT2D eigenvalue weighted by Gasteiger charge is 2.22. The third-order valence-corrected chi connectivity index (χ3v) is 5.36. The number of benzene rings is 1. The molecule has 0 unspecified atom stereocenters. The van der Waals surface area contributed by atoms with Gasteiger partial charge in [-0.05, 0) is 37.1 Å². The number of nitrogens with one attached hydrogen (secondary N) is 2. The second-order valence-electron chi connectivity index (χ2n) is 6.23. The fourth-order valence-electron chi connectivity index (χ4n) is 3.02. The Morgan fingerprint density at radius 2 is 2.12 bits per heavy atom. The van der Waals surface area contributed by atoms with Gasteiger partial charge < -0.3 is 15.4 Å². The van der Waals surface area contributed by atoms with Crippen molar-refractivity contribution in [1.29, 1.82) is 0 Å². The first-order chi connectivity index (χ1) is 12.6. The molecule has 6 nitrogen and oxygen atoms in total. The van der Waals surface area contributed by atoms with Crippen LogP contribution in [0.4, 0.5) is 4.39 Å². The van der Waals surface area contributed by atoms with E-state index in [2.05, 4.69) is 20.3 Å². The second-order valence-corrected chi connectivity index (χ2v) is 7.35. The molecule has 3 heterocycles. The van der Waals surface area contributed by atoms with E-state index in [4.69, 9.17) is 0 Å². The van der Waals surface area contributed by atoms with Gasteiger partial charge in [-0.15, -0.1) is 11.3 Å². The molecule has 0 aliphatic carbocycles. The average Bonchev–Trinajstić information content (AvgIpc) is 3.31. The molecule has 4 rings (SSSR count). The molecule has 2 aromatic heterocycles. The largest absolute Gasteiger partial charge is 0.501 e. The molecule has 8 heteroatoms. The number of rotatable bonds is 4. The van der Waals surface area contributed by atoms with Crippen LogP contribution in [0.3, 0.4) is 0 Å². The van der Waals surface area contributed by atoms with Crippen LogP contribution in [0, 0.1) is 5.82 Å². The quantitative estimate of drug-likeness (QED) is 0.655. The van der Waals surface area contributed by atoms with Gasteiger partial charge in [0.15, 0.2) is 0 Å². The summed E-state index contributed by atoms with van der Waals surface area (Å²) in [6, 6.07) is 6.27. The topological polar surface area (TPSA) is 90.9 Å². The monoisotopic (exact) mass is 372 g/mol. The molecule has 1 aliphatic heterocycles. The highest BCUT2D eigenvalue weighted by Crippen LogP contribution is 2.31. The normalized spacial score (nSPS) is 16.9. The summed E-state index contributed by atoms with van der Waals surface area (Å²) in [5, 5.41) is 13.9. The SMILES string of the molecule is O=c1[nH]c([C@@H]2CCCN2)nc(-c2ncc(Cc3ccc(F)cc3)s2)c1O. The molecule has 0 saturated carbocycles. The van der Waals surface area contributed by atoms with Crippen molar-refractivity contribution in [3.63, 3.8) is 0 Å². The molecular weight excluding hydrogens is 355 g/mol. The molecule has 0 bridgehead atoms. The molecule has 1 fully saturated rings. The second kappa shape index (κ2) is 6.97. The zero-order chi connectivity index (χ0) is 18.1. The zero-order valence-electron chi connectivity index (χ0n) is 13.8. The van der Waals surface area contributed by atoms with Crippen molar-refractivity contribution in [3.05, 3.63) is 62.9 Å². The first-order valence-electron chi connectivity index (χ1n) is 8.36. The van der Waals surface area contributed by atoms with Crippen molar-refractivity contribution in [2.45, 2.75) is 25.3 Å². The molecule has 1 aliphatic rings. The summed E-state index contributed by atoms with van der Waals surface area (Å²) in [7, 11) is 0. The molecule has 1 atom stereocenters. The smallest absolute Gasteiger partial charge is 0.293 e. The van der Waals surface area contributed by atoms with Crippen LogP contribution in [0.25, 0.3) is 10.7 Å². The molecule has 0 spiro atoms. The Bertz CT molecular complexity index is 978. The zero-order valence-corrected chi connectivity index (χ0v) is 14.6. The van der Waals surface area contributed by atoms with E-state index >= 15 is 0 Å². The standard InChI is InChI=1S/C18H17FN4O2S/c19-11-5-3-10(4-6-11)8-12-9-21-18(26-12)14-15(24)17(25)23-16(22-14)13-2-1-7-20-13/h3-6,9,13,20,24H,1-2,7-8H2,(H,22,23,25)/t13-/m0/s1. The lowest BCUT2D eigenvalue weighted by Crippen LogP contribution is -2.21.